The van der Waals surface area contributed by atoms with Gasteiger partial charge in [0.1, 0.15) is 16.2 Å². The van der Waals surface area contributed by atoms with Crippen molar-refractivity contribution in [3.8, 4) is 0 Å². The third kappa shape index (κ3) is 3.02. The van der Waals surface area contributed by atoms with Crippen molar-refractivity contribution in [3.63, 3.8) is 0 Å². The molecule has 0 aliphatic heterocycles. The lowest BCUT2D eigenvalue weighted by atomic mass is 10.4. The molecule has 84 valence electrons. The van der Waals surface area contributed by atoms with Gasteiger partial charge in [0, 0.05) is 17.4 Å². The quantitative estimate of drug-likeness (QED) is 0.878. The number of nitrogens with one attached hydrogen (secondary N) is 1. The Bertz CT molecular complexity index is 456. The van der Waals surface area contributed by atoms with Gasteiger partial charge in [-0.25, -0.2) is 9.97 Å². The minimum atomic E-state index is 0.810. The van der Waals surface area contributed by atoms with Crippen LogP contribution in [0.4, 0.5) is 5.82 Å². The summed E-state index contributed by atoms with van der Waals surface area (Å²) in [6.07, 6.45) is 0.840. The molecule has 2 aromatic heterocycles. The molecule has 0 saturated heterocycles. The van der Waals surface area contributed by atoms with E-state index in [0.717, 1.165) is 29.2 Å². The van der Waals surface area contributed by atoms with E-state index in [-0.39, 0.29) is 0 Å². The number of hydrogen-bond donors (Lipinski definition) is 1. The molecule has 3 nitrogen and oxygen atoms in total. The first-order valence-electron chi connectivity index (χ1n) is 5.07. The molecule has 0 fully saturated rings. The van der Waals surface area contributed by atoms with E-state index in [0.29, 0.717) is 0 Å². The molecular formula is C11H12BrN3S. The van der Waals surface area contributed by atoms with Crippen molar-refractivity contribution in [2.24, 2.45) is 0 Å². The molecule has 2 aromatic rings. The van der Waals surface area contributed by atoms with Gasteiger partial charge >= 0.3 is 0 Å². The molecule has 0 atom stereocenters. The normalized spacial score (nSPS) is 10.4. The number of thiophene rings is 1. The van der Waals surface area contributed by atoms with Crippen LogP contribution in [-0.2, 0) is 13.0 Å². The van der Waals surface area contributed by atoms with E-state index >= 15 is 0 Å². The monoisotopic (exact) mass is 297 g/mol. The molecule has 0 amide bonds. The number of anilines is 1. The molecule has 0 aliphatic carbocycles. The van der Waals surface area contributed by atoms with Crippen LogP contribution in [0.3, 0.4) is 0 Å². The van der Waals surface area contributed by atoms with E-state index in [1.54, 1.807) is 11.3 Å². The van der Waals surface area contributed by atoms with Gasteiger partial charge < -0.3 is 5.32 Å². The fourth-order valence-corrected chi connectivity index (χ4v) is 2.37. The van der Waals surface area contributed by atoms with E-state index in [1.165, 1.54) is 4.88 Å². The van der Waals surface area contributed by atoms with Gasteiger partial charge in [-0.1, -0.05) is 13.0 Å². The van der Waals surface area contributed by atoms with E-state index < -0.39 is 0 Å². The minimum Gasteiger partial charge on any atom is -0.365 e. The van der Waals surface area contributed by atoms with Gasteiger partial charge in [-0.05, 0) is 27.4 Å². The second kappa shape index (κ2) is 5.41. The largest absolute Gasteiger partial charge is 0.365 e. The first kappa shape index (κ1) is 11.5. The van der Waals surface area contributed by atoms with E-state index in [2.05, 4.69) is 48.7 Å². The molecule has 0 spiro atoms. The Morgan fingerprint density at radius 1 is 1.44 bits per heavy atom. The number of aryl methyl sites for hydroxylation is 1. The number of nitrogens with zero attached hydrogens (tertiary/aromatic N) is 2. The third-order valence-electron chi connectivity index (χ3n) is 2.08. The Morgan fingerprint density at radius 2 is 2.31 bits per heavy atom. The van der Waals surface area contributed by atoms with Gasteiger partial charge in [0.05, 0.1) is 6.54 Å². The first-order chi connectivity index (χ1) is 7.78. The molecule has 0 unspecified atom stereocenters. The highest BCUT2D eigenvalue weighted by atomic mass is 79.9. The average molecular weight is 298 g/mol. The SMILES string of the molecule is CCc1nc(Br)cc(NCc2cccs2)n1. The van der Waals surface area contributed by atoms with Gasteiger partial charge in [0.2, 0.25) is 0 Å². The molecule has 16 heavy (non-hydrogen) atoms. The number of halogens is 1. The van der Waals surface area contributed by atoms with Crippen molar-refractivity contribution in [2.45, 2.75) is 19.9 Å². The van der Waals surface area contributed by atoms with Gasteiger partial charge in [-0.2, -0.15) is 0 Å². The van der Waals surface area contributed by atoms with E-state index in [1.807, 2.05) is 13.0 Å². The average Bonchev–Trinajstić information content (AvgIpc) is 2.78. The van der Waals surface area contributed by atoms with Crippen LogP contribution >= 0.6 is 27.3 Å². The molecule has 0 bridgehead atoms. The molecule has 2 rings (SSSR count). The Morgan fingerprint density at radius 3 is 3.00 bits per heavy atom. The summed E-state index contributed by atoms with van der Waals surface area (Å²) in [4.78, 5) is 9.97. The van der Waals surface area contributed by atoms with Crippen LogP contribution in [0, 0.1) is 0 Å². The van der Waals surface area contributed by atoms with Crippen molar-refractivity contribution >= 4 is 33.1 Å². The van der Waals surface area contributed by atoms with E-state index in [9.17, 15) is 0 Å². The third-order valence-corrected chi connectivity index (χ3v) is 3.36. The summed E-state index contributed by atoms with van der Waals surface area (Å²) in [6.45, 7) is 2.86. The zero-order valence-corrected chi connectivity index (χ0v) is 11.3. The maximum atomic E-state index is 4.40. The Labute approximate surface area is 107 Å². The maximum absolute atomic E-state index is 4.40. The smallest absolute Gasteiger partial charge is 0.131 e. The zero-order chi connectivity index (χ0) is 11.4. The first-order valence-corrected chi connectivity index (χ1v) is 6.75. The summed E-state index contributed by atoms with van der Waals surface area (Å²) < 4.78 is 0.827. The molecule has 5 heteroatoms. The molecule has 0 aliphatic rings. The van der Waals surface area contributed by atoms with Gasteiger partial charge in [-0.3, -0.25) is 0 Å². The van der Waals surface area contributed by atoms with Gasteiger partial charge in [0.25, 0.3) is 0 Å². The molecular weight excluding hydrogens is 286 g/mol. The molecule has 0 aromatic carbocycles. The highest BCUT2D eigenvalue weighted by Crippen LogP contribution is 2.15. The summed E-state index contributed by atoms with van der Waals surface area (Å²) >= 11 is 5.12. The van der Waals surface area contributed by atoms with Gasteiger partial charge in [-0.15, -0.1) is 11.3 Å². The predicted molar refractivity (Wildman–Crippen MR) is 70.8 cm³/mol. The maximum Gasteiger partial charge on any atom is 0.131 e. The minimum absolute atomic E-state index is 0.810. The van der Waals surface area contributed by atoms with E-state index in [4.69, 9.17) is 0 Å². The standard InChI is InChI=1S/C11H12BrN3S/c1-2-10-14-9(12)6-11(15-10)13-7-8-4-3-5-16-8/h3-6H,2,7H2,1H3,(H,13,14,15). The van der Waals surface area contributed by atoms with Crippen LogP contribution < -0.4 is 5.32 Å². The molecule has 0 radical (unpaired) electrons. The summed E-state index contributed by atoms with van der Waals surface area (Å²) in [5, 5.41) is 5.37. The van der Waals surface area contributed by atoms with Crippen molar-refractivity contribution in [1.82, 2.24) is 9.97 Å². The number of aromatic nitrogens is 2. The van der Waals surface area contributed by atoms with Crippen molar-refractivity contribution in [3.05, 3.63) is 38.9 Å². The zero-order valence-electron chi connectivity index (χ0n) is 8.90. The summed E-state index contributed by atoms with van der Waals surface area (Å²) in [5.41, 5.74) is 0. The number of hydrogen-bond acceptors (Lipinski definition) is 4. The fourth-order valence-electron chi connectivity index (χ4n) is 1.30. The molecule has 0 saturated carbocycles. The van der Waals surface area contributed by atoms with Crippen LogP contribution in [0.1, 0.15) is 17.6 Å². The summed E-state index contributed by atoms with van der Waals surface area (Å²) in [7, 11) is 0. The van der Waals surface area contributed by atoms with Crippen molar-refractivity contribution in [2.75, 3.05) is 5.32 Å². The van der Waals surface area contributed by atoms with Crippen LogP contribution in [-0.4, -0.2) is 9.97 Å². The molecule has 1 N–H and O–H groups in total. The van der Waals surface area contributed by atoms with Crippen molar-refractivity contribution < 1.29 is 0 Å². The summed E-state index contributed by atoms with van der Waals surface area (Å²) in [5.74, 6) is 1.72. The highest BCUT2D eigenvalue weighted by molar-refractivity contribution is 9.10. The van der Waals surface area contributed by atoms with Crippen LogP contribution in [0.5, 0.6) is 0 Å². The Balaban J connectivity index is 2.06. The second-order valence-electron chi connectivity index (χ2n) is 3.28. The topological polar surface area (TPSA) is 37.8 Å². The van der Waals surface area contributed by atoms with Crippen LogP contribution in [0.15, 0.2) is 28.2 Å². The Kier molecular flexibility index (Phi) is 3.90. The lowest BCUT2D eigenvalue weighted by molar-refractivity contribution is 0.923. The highest BCUT2D eigenvalue weighted by Gasteiger charge is 2.01. The van der Waals surface area contributed by atoms with Crippen LogP contribution in [0.2, 0.25) is 0 Å². The number of rotatable bonds is 4. The fraction of sp³-hybridized carbons (Fsp3) is 0.273. The Hall–Kier alpha value is -0.940. The molecule has 2 heterocycles. The summed E-state index contributed by atoms with van der Waals surface area (Å²) in [6, 6.07) is 6.05. The second-order valence-corrected chi connectivity index (χ2v) is 5.12. The lowest BCUT2D eigenvalue weighted by Crippen LogP contribution is -2.03. The lowest BCUT2D eigenvalue weighted by Gasteiger charge is -2.05. The van der Waals surface area contributed by atoms with Gasteiger partial charge in [0.15, 0.2) is 0 Å². The van der Waals surface area contributed by atoms with Crippen molar-refractivity contribution in [1.29, 1.82) is 0 Å². The van der Waals surface area contributed by atoms with Crippen LogP contribution in [0.25, 0.3) is 0 Å². The predicted octanol–water partition coefficient (Wildman–Crippen LogP) is 3.48.